The number of methoxy groups -OCH3 is 1. The van der Waals surface area contributed by atoms with Crippen molar-refractivity contribution in [3.05, 3.63) is 35.9 Å². The molecule has 1 N–H and O–H groups in total. The first-order chi connectivity index (χ1) is 11.2. The van der Waals surface area contributed by atoms with Crippen LogP contribution in [0.4, 0.5) is 0 Å². The summed E-state index contributed by atoms with van der Waals surface area (Å²) < 4.78 is 5.71. The van der Waals surface area contributed by atoms with Crippen LogP contribution in [0.25, 0.3) is 0 Å². The van der Waals surface area contributed by atoms with Gasteiger partial charge in [0, 0.05) is 20.2 Å². The molecule has 1 unspecified atom stereocenters. The quantitative estimate of drug-likeness (QED) is 0.932. The van der Waals surface area contributed by atoms with Crippen LogP contribution in [0.5, 0.6) is 0 Å². The highest BCUT2D eigenvalue weighted by atomic mass is 16.5. The Hall–Kier alpha value is -1.39. The van der Waals surface area contributed by atoms with Gasteiger partial charge in [0.05, 0.1) is 0 Å². The van der Waals surface area contributed by atoms with Gasteiger partial charge < -0.3 is 15.0 Å². The Balaban J connectivity index is 1.66. The Bertz CT molecular complexity index is 511. The van der Waals surface area contributed by atoms with Gasteiger partial charge in [0.1, 0.15) is 5.60 Å². The largest absolute Gasteiger partial charge is 0.368 e. The summed E-state index contributed by atoms with van der Waals surface area (Å²) in [5, 5.41) is 3.32. The Morgan fingerprint density at radius 1 is 1.17 bits per heavy atom. The lowest BCUT2D eigenvalue weighted by Gasteiger charge is -2.38. The zero-order valence-corrected chi connectivity index (χ0v) is 14.1. The van der Waals surface area contributed by atoms with Crippen molar-refractivity contribution < 1.29 is 9.53 Å². The third-order valence-electron chi connectivity index (χ3n) is 5.48. The predicted molar refractivity (Wildman–Crippen MR) is 91.5 cm³/mol. The maximum atomic E-state index is 13.1. The molecular weight excluding hydrogens is 288 g/mol. The number of benzene rings is 1. The molecular formula is C19H28N2O2. The molecule has 1 amide bonds. The second-order valence-corrected chi connectivity index (χ2v) is 6.78. The summed E-state index contributed by atoms with van der Waals surface area (Å²) in [6.45, 7) is 3.43. The lowest BCUT2D eigenvalue weighted by Crippen LogP contribution is -2.55. The molecule has 2 aliphatic heterocycles. The third-order valence-corrected chi connectivity index (χ3v) is 5.48. The molecule has 1 atom stereocenters. The fourth-order valence-corrected chi connectivity index (χ4v) is 3.98. The van der Waals surface area contributed by atoms with Crippen LogP contribution < -0.4 is 5.32 Å². The molecule has 3 rings (SSSR count). The van der Waals surface area contributed by atoms with Gasteiger partial charge in [-0.25, -0.2) is 0 Å². The molecule has 2 aliphatic rings. The van der Waals surface area contributed by atoms with E-state index in [1.807, 2.05) is 0 Å². The maximum absolute atomic E-state index is 13.1. The first-order valence-electron chi connectivity index (χ1n) is 8.85. The number of carbonyl (C=O) groups is 1. The minimum Gasteiger partial charge on any atom is -0.368 e. The zero-order valence-electron chi connectivity index (χ0n) is 14.1. The molecule has 23 heavy (non-hydrogen) atoms. The Morgan fingerprint density at radius 2 is 1.91 bits per heavy atom. The van der Waals surface area contributed by atoms with Gasteiger partial charge in [0.2, 0.25) is 0 Å². The van der Waals surface area contributed by atoms with Gasteiger partial charge in [-0.2, -0.15) is 0 Å². The number of rotatable bonds is 3. The summed E-state index contributed by atoms with van der Waals surface area (Å²) in [6, 6.07) is 10.7. The van der Waals surface area contributed by atoms with Crippen molar-refractivity contribution in [3.8, 4) is 0 Å². The van der Waals surface area contributed by atoms with Crippen LogP contribution >= 0.6 is 0 Å². The van der Waals surface area contributed by atoms with E-state index in [2.05, 4.69) is 40.5 Å². The number of nitrogens with zero attached hydrogens (tertiary/aromatic N) is 1. The number of ether oxygens (including phenoxy) is 1. The van der Waals surface area contributed by atoms with Crippen molar-refractivity contribution in [2.45, 2.75) is 43.6 Å². The normalized spacial score (nSPS) is 24.9. The highest BCUT2D eigenvalue weighted by Crippen LogP contribution is 2.31. The number of nitrogens with one attached hydrogen (secondary N) is 1. The van der Waals surface area contributed by atoms with Crippen molar-refractivity contribution in [2.75, 3.05) is 33.3 Å². The molecule has 0 aromatic heterocycles. The molecule has 0 saturated carbocycles. The molecule has 4 heteroatoms. The standard InChI is InChI=1S/C19H28N2O2/c1-23-19(10-12-20-13-11-19)18(22)21-14-5-8-17(9-15-21)16-6-3-2-4-7-16/h2-4,6-7,17,20H,5,8-15H2,1H3. The van der Waals surface area contributed by atoms with E-state index in [1.54, 1.807) is 7.11 Å². The summed E-state index contributed by atoms with van der Waals surface area (Å²) in [7, 11) is 1.69. The number of carbonyl (C=O) groups excluding carboxylic acids is 1. The minimum absolute atomic E-state index is 0.204. The summed E-state index contributed by atoms with van der Waals surface area (Å²) in [5.41, 5.74) is 0.808. The van der Waals surface area contributed by atoms with Crippen LogP contribution in [0.1, 0.15) is 43.6 Å². The molecule has 2 saturated heterocycles. The average molecular weight is 316 g/mol. The van der Waals surface area contributed by atoms with Gasteiger partial charge >= 0.3 is 0 Å². The predicted octanol–water partition coefficient (Wildman–Crippen LogP) is 2.55. The average Bonchev–Trinajstić information content (AvgIpc) is 2.88. The van der Waals surface area contributed by atoms with E-state index in [-0.39, 0.29) is 5.91 Å². The van der Waals surface area contributed by atoms with Gasteiger partial charge in [-0.05, 0) is 56.7 Å². The minimum atomic E-state index is -0.599. The summed E-state index contributed by atoms with van der Waals surface area (Å²) >= 11 is 0. The van der Waals surface area contributed by atoms with Crippen LogP contribution in [-0.4, -0.2) is 49.7 Å². The topological polar surface area (TPSA) is 41.6 Å². The number of piperidine rings is 1. The van der Waals surface area contributed by atoms with E-state index < -0.39 is 5.60 Å². The smallest absolute Gasteiger partial charge is 0.254 e. The van der Waals surface area contributed by atoms with Crippen LogP contribution in [0.2, 0.25) is 0 Å². The van der Waals surface area contributed by atoms with Crippen LogP contribution in [0.3, 0.4) is 0 Å². The lowest BCUT2D eigenvalue weighted by molar-refractivity contribution is -0.158. The lowest BCUT2D eigenvalue weighted by atomic mass is 9.90. The SMILES string of the molecule is COC1(C(=O)N2CCCC(c3ccccc3)CC2)CCNCC1. The molecule has 0 bridgehead atoms. The van der Waals surface area contributed by atoms with Crippen molar-refractivity contribution in [1.82, 2.24) is 10.2 Å². The van der Waals surface area contributed by atoms with Gasteiger partial charge in [-0.15, -0.1) is 0 Å². The van der Waals surface area contributed by atoms with Crippen molar-refractivity contribution in [1.29, 1.82) is 0 Å². The molecule has 0 spiro atoms. The molecule has 2 fully saturated rings. The van der Waals surface area contributed by atoms with E-state index in [1.165, 1.54) is 5.56 Å². The second kappa shape index (κ2) is 7.45. The molecule has 0 radical (unpaired) electrons. The summed E-state index contributed by atoms with van der Waals surface area (Å²) in [6.07, 6.45) is 4.84. The Morgan fingerprint density at radius 3 is 2.61 bits per heavy atom. The fourth-order valence-electron chi connectivity index (χ4n) is 3.98. The Labute approximate surface area is 139 Å². The van der Waals surface area contributed by atoms with E-state index >= 15 is 0 Å². The van der Waals surface area contributed by atoms with E-state index in [4.69, 9.17) is 4.74 Å². The van der Waals surface area contributed by atoms with Crippen LogP contribution in [0.15, 0.2) is 30.3 Å². The van der Waals surface area contributed by atoms with E-state index in [9.17, 15) is 4.79 Å². The third kappa shape index (κ3) is 3.59. The van der Waals surface area contributed by atoms with Crippen LogP contribution in [-0.2, 0) is 9.53 Å². The van der Waals surface area contributed by atoms with Gasteiger partial charge in [-0.3, -0.25) is 4.79 Å². The van der Waals surface area contributed by atoms with E-state index in [0.29, 0.717) is 5.92 Å². The van der Waals surface area contributed by atoms with Gasteiger partial charge in [0.25, 0.3) is 5.91 Å². The van der Waals surface area contributed by atoms with Gasteiger partial charge in [-0.1, -0.05) is 30.3 Å². The number of hydrogen-bond donors (Lipinski definition) is 1. The summed E-state index contributed by atoms with van der Waals surface area (Å²) in [5.74, 6) is 0.774. The highest BCUT2D eigenvalue weighted by Gasteiger charge is 2.42. The maximum Gasteiger partial charge on any atom is 0.254 e. The second-order valence-electron chi connectivity index (χ2n) is 6.78. The van der Waals surface area contributed by atoms with Crippen molar-refractivity contribution in [2.24, 2.45) is 0 Å². The molecule has 126 valence electrons. The number of likely N-dealkylation sites (tertiary alicyclic amines) is 1. The first-order valence-corrected chi connectivity index (χ1v) is 8.85. The molecule has 0 aliphatic carbocycles. The molecule has 1 aromatic carbocycles. The molecule has 2 heterocycles. The van der Waals surface area contributed by atoms with Crippen molar-refractivity contribution >= 4 is 5.91 Å². The Kier molecular flexibility index (Phi) is 5.34. The first kappa shape index (κ1) is 16.5. The fraction of sp³-hybridized carbons (Fsp3) is 0.632. The molecule has 4 nitrogen and oxygen atoms in total. The van der Waals surface area contributed by atoms with Gasteiger partial charge in [0.15, 0.2) is 0 Å². The zero-order chi connectivity index (χ0) is 16.1. The van der Waals surface area contributed by atoms with E-state index in [0.717, 1.165) is 58.3 Å². The molecule has 1 aromatic rings. The number of amides is 1. The van der Waals surface area contributed by atoms with Crippen LogP contribution in [0, 0.1) is 0 Å². The number of hydrogen-bond acceptors (Lipinski definition) is 3. The monoisotopic (exact) mass is 316 g/mol. The van der Waals surface area contributed by atoms with Crippen molar-refractivity contribution in [3.63, 3.8) is 0 Å². The summed E-state index contributed by atoms with van der Waals surface area (Å²) in [4.78, 5) is 15.1. The highest BCUT2D eigenvalue weighted by molar-refractivity contribution is 5.85.